The van der Waals surface area contributed by atoms with Crippen LogP contribution in [0, 0.1) is 0 Å². The van der Waals surface area contributed by atoms with Gasteiger partial charge in [-0.25, -0.2) is 4.79 Å². The molecule has 2 rings (SSSR count). The molecule has 0 fully saturated rings. The Morgan fingerprint density at radius 2 is 1.95 bits per heavy atom. The van der Waals surface area contributed by atoms with Crippen molar-refractivity contribution in [3.63, 3.8) is 0 Å². The van der Waals surface area contributed by atoms with Gasteiger partial charge in [-0.05, 0) is 19.4 Å². The van der Waals surface area contributed by atoms with E-state index in [1.54, 1.807) is 20.1 Å². The van der Waals surface area contributed by atoms with Crippen molar-refractivity contribution in [2.75, 3.05) is 20.8 Å². The third-order valence-electron chi connectivity index (χ3n) is 3.47. The number of fused-ring (bicyclic) bond motifs is 1. The van der Waals surface area contributed by atoms with E-state index in [0.29, 0.717) is 28.8 Å². The highest BCUT2D eigenvalue weighted by Gasteiger charge is 2.19. The number of hydrogen-bond donors (Lipinski definition) is 1. The Morgan fingerprint density at radius 3 is 2.50 bits per heavy atom. The van der Waals surface area contributed by atoms with Crippen LogP contribution in [0.25, 0.3) is 10.9 Å². The molecule has 6 nitrogen and oxygen atoms in total. The lowest BCUT2D eigenvalue weighted by molar-refractivity contribution is 0.0524. The van der Waals surface area contributed by atoms with Crippen molar-refractivity contribution < 1.29 is 19.0 Å². The van der Waals surface area contributed by atoms with Crippen molar-refractivity contribution in [3.8, 4) is 11.5 Å². The van der Waals surface area contributed by atoms with Crippen molar-refractivity contribution in [1.82, 2.24) is 4.98 Å². The second-order valence-electron chi connectivity index (χ2n) is 4.62. The summed E-state index contributed by atoms with van der Waals surface area (Å²) in [5, 5.41) is 0.375. The average Bonchev–Trinajstić information content (AvgIpc) is 2.53. The van der Waals surface area contributed by atoms with Gasteiger partial charge in [0.15, 0.2) is 11.5 Å². The predicted octanol–water partition coefficient (Wildman–Crippen LogP) is 2.28. The van der Waals surface area contributed by atoms with Crippen LogP contribution in [-0.2, 0) is 11.2 Å². The molecule has 1 aromatic heterocycles. The van der Waals surface area contributed by atoms with E-state index in [1.807, 2.05) is 6.92 Å². The van der Waals surface area contributed by atoms with Crippen molar-refractivity contribution in [2.45, 2.75) is 20.3 Å². The molecule has 1 aromatic carbocycles. The van der Waals surface area contributed by atoms with Crippen molar-refractivity contribution in [1.29, 1.82) is 0 Å². The third-order valence-corrected chi connectivity index (χ3v) is 3.47. The summed E-state index contributed by atoms with van der Waals surface area (Å²) in [6, 6.07) is 1.58. The standard InChI is InChI=1S/C16H19NO5/c1-5-9-13-10(7-12(20-3)15(9)21-4)14(18)11(8-17-13)16(19)22-6-2/h7-8H,5-6H2,1-4H3,(H,17,18). The van der Waals surface area contributed by atoms with Crippen LogP contribution in [0.1, 0.15) is 29.8 Å². The van der Waals surface area contributed by atoms with Gasteiger partial charge in [0.05, 0.1) is 31.7 Å². The Kier molecular flexibility index (Phi) is 4.70. The summed E-state index contributed by atoms with van der Waals surface area (Å²) < 4.78 is 15.6. The number of aryl methyl sites for hydroxylation is 1. The molecule has 2 aromatic rings. The molecule has 0 radical (unpaired) electrons. The molecule has 0 bridgehead atoms. The lowest BCUT2D eigenvalue weighted by atomic mass is 10.0. The van der Waals surface area contributed by atoms with Crippen LogP contribution in [0.5, 0.6) is 11.5 Å². The number of rotatable bonds is 5. The van der Waals surface area contributed by atoms with Gasteiger partial charge >= 0.3 is 5.97 Å². The number of carbonyl (C=O) groups excluding carboxylic acids is 1. The highest BCUT2D eigenvalue weighted by molar-refractivity contribution is 5.95. The quantitative estimate of drug-likeness (QED) is 0.858. The second-order valence-corrected chi connectivity index (χ2v) is 4.62. The number of aromatic amines is 1. The number of aromatic nitrogens is 1. The molecular weight excluding hydrogens is 286 g/mol. The summed E-state index contributed by atoms with van der Waals surface area (Å²) in [6.07, 6.45) is 2.03. The van der Waals surface area contributed by atoms with Gasteiger partial charge in [0.2, 0.25) is 5.43 Å². The minimum atomic E-state index is -0.640. The van der Waals surface area contributed by atoms with E-state index in [0.717, 1.165) is 5.56 Å². The van der Waals surface area contributed by atoms with Gasteiger partial charge in [-0.2, -0.15) is 0 Å². The molecule has 0 atom stereocenters. The van der Waals surface area contributed by atoms with E-state index in [9.17, 15) is 9.59 Å². The summed E-state index contributed by atoms with van der Waals surface area (Å²) in [6.45, 7) is 3.85. The Morgan fingerprint density at radius 1 is 1.23 bits per heavy atom. The number of ether oxygens (including phenoxy) is 3. The summed E-state index contributed by atoms with van der Waals surface area (Å²) in [5.41, 5.74) is 1.05. The van der Waals surface area contributed by atoms with Crippen LogP contribution in [-0.4, -0.2) is 31.8 Å². The smallest absolute Gasteiger partial charge is 0.343 e. The van der Waals surface area contributed by atoms with Crippen molar-refractivity contribution in [2.24, 2.45) is 0 Å². The predicted molar refractivity (Wildman–Crippen MR) is 83.0 cm³/mol. The molecule has 22 heavy (non-hydrogen) atoms. The Hall–Kier alpha value is -2.50. The highest BCUT2D eigenvalue weighted by atomic mass is 16.5. The Bertz CT molecular complexity index is 763. The van der Waals surface area contributed by atoms with Gasteiger partial charge in [-0.3, -0.25) is 4.79 Å². The first-order valence-electron chi connectivity index (χ1n) is 7.05. The number of H-pyrrole nitrogens is 1. The van der Waals surface area contributed by atoms with E-state index in [4.69, 9.17) is 14.2 Å². The number of nitrogens with one attached hydrogen (secondary N) is 1. The maximum atomic E-state index is 12.6. The lowest BCUT2D eigenvalue weighted by Gasteiger charge is -2.15. The normalized spacial score (nSPS) is 10.5. The first kappa shape index (κ1) is 15.9. The Labute approximate surface area is 128 Å². The van der Waals surface area contributed by atoms with E-state index < -0.39 is 5.97 Å². The minimum absolute atomic E-state index is 0.0244. The number of methoxy groups -OCH3 is 2. The van der Waals surface area contributed by atoms with Crippen LogP contribution in [0.15, 0.2) is 17.1 Å². The topological polar surface area (TPSA) is 77.6 Å². The maximum absolute atomic E-state index is 12.6. The van der Waals surface area contributed by atoms with Gasteiger partial charge < -0.3 is 19.2 Å². The van der Waals surface area contributed by atoms with Crippen LogP contribution in [0.3, 0.4) is 0 Å². The summed E-state index contributed by atoms with van der Waals surface area (Å²) in [7, 11) is 3.06. The molecule has 0 unspecified atom stereocenters. The van der Waals surface area contributed by atoms with E-state index in [2.05, 4.69) is 4.98 Å². The molecule has 0 saturated carbocycles. The monoisotopic (exact) mass is 305 g/mol. The molecular formula is C16H19NO5. The summed E-state index contributed by atoms with van der Waals surface area (Å²) in [5.74, 6) is 0.397. The minimum Gasteiger partial charge on any atom is -0.493 e. The first-order valence-corrected chi connectivity index (χ1v) is 7.05. The fraction of sp³-hybridized carbons (Fsp3) is 0.375. The molecule has 0 amide bonds. The van der Waals surface area contributed by atoms with Gasteiger partial charge in [-0.15, -0.1) is 0 Å². The van der Waals surface area contributed by atoms with E-state index in [-0.39, 0.29) is 17.6 Å². The fourth-order valence-electron chi connectivity index (χ4n) is 2.47. The summed E-state index contributed by atoms with van der Waals surface area (Å²) >= 11 is 0. The molecule has 0 aliphatic heterocycles. The summed E-state index contributed by atoms with van der Waals surface area (Å²) in [4.78, 5) is 27.4. The molecule has 0 aliphatic carbocycles. The maximum Gasteiger partial charge on any atom is 0.343 e. The van der Waals surface area contributed by atoms with Crippen LogP contribution in [0.4, 0.5) is 0 Å². The molecule has 0 spiro atoms. The lowest BCUT2D eigenvalue weighted by Crippen LogP contribution is -2.18. The number of pyridine rings is 1. The van der Waals surface area contributed by atoms with Gasteiger partial charge in [0, 0.05) is 11.8 Å². The Balaban J connectivity index is 2.80. The number of carbonyl (C=O) groups is 1. The second kappa shape index (κ2) is 6.51. The number of esters is 1. The number of benzene rings is 1. The van der Waals surface area contributed by atoms with Crippen LogP contribution < -0.4 is 14.9 Å². The number of hydrogen-bond acceptors (Lipinski definition) is 5. The van der Waals surface area contributed by atoms with Gasteiger partial charge in [0.25, 0.3) is 0 Å². The zero-order valence-corrected chi connectivity index (χ0v) is 13.1. The van der Waals surface area contributed by atoms with E-state index >= 15 is 0 Å². The van der Waals surface area contributed by atoms with Crippen LogP contribution in [0.2, 0.25) is 0 Å². The zero-order chi connectivity index (χ0) is 16.3. The molecule has 0 aliphatic rings. The van der Waals surface area contributed by atoms with Gasteiger partial charge in [0.1, 0.15) is 5.56 Å². The first-order chi connectivity index (χ1) is 10.6. The molecule has 118 valence electrons. The highest BCUT2D eigenvalue weighted by Crippen LogP contribution is 2.36. The van der Waals surface area contributed by atoms with Crippen LogP contribution >= 0.6 is 0 Å². The largest absolute Gasteiger partial charge is 0.493 e. The molecule has 1 heterocycles. The van der Waals surface area contributed by atoms with Crippen molar-refractivity contribution in [3.05, 3.63) is 33.6 Å². The average molecular weight is 305 g/mol. The SMILES string of the molecule is CCOC(=O)c1c[nH]c2c(CC)c(OC)c(OC)cc2c1=O. The zero-order valence-electron chi connectivity index (χ0n) is 13.1. The van der Waals surface area contributed by atoms with Crippen molar-refractivity contribution >= 4 is 16.9 Å². The molecule has 6 heteroatoms. The van der Waals surface area contributed by atoms with Gasteiger partial charge in [-0.1, -0.05) is 6.92 Å². The van der Waals surface area contributed by atoms with E-state index in [1.165, 1.54) is 13.3 Å². The third kappa shape index (κ3) is 2.52. The molecule has 0 saturated heterocycles. The fourth-order valence-corrected chi connectivity index (χ4v) is 2.47. The molecule has 1 N–H and O–H groups in total.